The molecule has 102 valence electrons. The lowest BCUT2D eigenvalue weighted by atomic mass is 9.97. The summed E-state index contributed by atoms with van der Waals surface area (Å²) in [6.45, 7) is 1.88. The van der Waals surface area contributed by atoms with Crippen LogP contribution in [0.5, 0.6) is 11.5 Å². The lowest BCUT2D eigenvalue weighted by Crippen LogP contribution is -2.42. The minimum absolute atomic E-state index is 0.114. The van der Waals surface area contributed by atoms with Gasteiger partial charge in [0.25, 0.3) is 0 Å². The number of carbonyl (C=O) groups excluding carboxylic acids is 2. The number of carbonyl (C=O) groups is 2. The number of esters is 1. The molecular formula is C14H16O5. The summed E-state index contributed by atoms with van der Waals surface area (Å²) >= 11 is 0. The number of rotatable bonds is 4. The predicted molar refractivity (Wildman–Crippen MR) is 67.2 cm³/mol. The Morgan fingerprint density at radius 3 is 2.68 bits per heavy atom. The summed E-state index contributed by atoms with van der Waals surface area (Å²) in [6.07, 6.45) is -0.383. The third kappa shape index (κ3) is 2.70. The van der Waals surface area contributed by atoms with E-state index in [1.165, 1.54) is 7.11 Å². The van der Waals surface area contributed by atoms with Gasteiger partial charge in [-0.1, -0.05) is 19.1 Å². The highest BCUT2D eigenvalue weighted by Gasteiger charge is 2.35. The van der Waals surface area contributed by atoms with Gasteiger partial charge in [-0.15, -0.1) is 0 Å². The third-order valence-corrected chi connectivity index (χ3v) is 3.06. The van der Waals surface area contributed by atoms with E-state index in [2.05, 4.69) is 4.74 Å². The van der Waals surface area contributed by atoms with Crippen molar-refractivity contribution in [3.63, 3.8) is 0 Å². The first-order valence-electron chi connectivity index (χ1n) is 6.17. The topological polar surface area (TPSA) is 61.8 Å². The highest BCUT2D eigenvalue weighted by Crippen LogP contribution is 2.31. The molecule has 1 aromatic carbocycles. The standard InChI is InChI=1S/C14H16O5/c1-3-9(14(16)17-2)13(15)12-8-18-10-6-4-5-7-11(10)19-12/h4-7,9,12H,3,8H2,1-2H3. The number of ketones is 1. The van der Waals surface area contributed by atoms with Gasteiger partial charge < -0.3 is 14.2 Å². The van der Waals surface area contributed by atoms with Crippen LogP contribution in [0, 0.1) is 5.92 Å². The third-order valence-electron chi connectivity index (χ3n) is 3.06. The first kappa shape index (κ1) is 13.4. The maximum atomic E-state index is 12.2. The molecule has 0 spiro atoms. The highest BCUT2D eigenvalue weighted by atomic mass is 16.6. The molecule has 0 radical (unpaired) electrons. The van der Waals surface area contributed by atoms with Crippen molar-refractivity contribution in [3.8, 4) is 11.5 Å². The number of para-hydroxylation sites is 2. The number of methoxy groups -OCH3 is 1. The zero-order valence-corrected chi connectivity index (χ0v) is 10.9. The van der Waals surface area contributed by atoms with E-state index >= 15 is 0 Å². The molecule has 0 aromatic heterocycles. The average Bonchev–Trinajstić information content (AvgIpc) is 2.47. The number of hydrogen-bond acceptors (Lipinski definition) is 5. The number of hydrogen-bond donors (Lipinski definition) is 0. The smallest absolute Gasteiger partial charge is 0.316 e. The summed E-state index contributed by atoms with van der Waals surface area (Å²) in [5, 5.41) is 0. The maximum Gasteiger partial charge on any atom is 0.316 e. The van der Waals surface area contributed by atoms with Crippen LogP contribution in [0.1, 0.15) is 13.3 Å². The van der Waals surface area contributed by atoms with Gasteiger partial charge in [0, 0.05) is 0 Å². The van der Waals surface area contributed by atoms with Crippen LogP contribution in [-0.2, 0) is 14.3 Å². The zero-order chi connectivity index (χ0) is 13.8. The Balaban J connectivity index is 2.12. The van der Waals surface area contributed by atoms with E-state index in [0.29, 0.717) is 17.9 Å². The van der Waals surface area contributed by atoms with E-state index in [9.17, 15) is 9.59 Å². The Labute approximate surface area is 111 Å². The number of benzene rings is 1. The van der Waals surface area contributed by atoms with E-state index in [1.54, 1.807) is 25.1 Å². The fraction of sp³-hybridized carbons (Fsp3) is 0.429. The molecule has 5 heteroatoms. The molecule has 2 rings (SSSR count). The van der Waals surface area contributed by atoms with Crippen molar-refractivity contribution in [3.05, 3.63) is 24.3 Å². The monoisotopic (exact) mass is 264 g/mol. The molecule has 0 aliphatic carbocycles. The predicted octanol–water partition coefficient (Wildman–Crippen LogP) is 1.59. The fourth-order valence-corrected chi connectivity index (χ4v) is 2.01. The van der Waals surface area contributed by atoms with Crippen molar-refractivity contribution in [1.29, 1.82) is 0 Å². The molecular weight excluding hydrogens is 248 g/mol. The van der Waals surface area contributed by atoms with Crippen LogP contribution in [0.4, 0.5) is 0 Å². The van der Waals surface area contributed by atoms with Crippen molar-refractivity contribution < 1.29 is 23.8 Å². The van der Waals surface area contributed by atoms with Gasteiger partial charge >= 0.3 is 5.97 Å². The largest absolute Gasteiger partial charge is 0.485 e. The number of Topliss-reactive ketones (excluding diaryl/α,β-unsaturated/α-hetero) is 1. The molecule has 2 atom stereocenters. The van der Waals surface area contributed by atoms with Gasteiger partial charge in [-0.05, 0) is 18.6 Å². The fourth-order valence-electron chi connectivity index (χ4n) is 2.01. The molecule has 2 unspecified atom stereocenters. The molecule has 1 aromatic rings. The summed E-state index contributed by atoms with van der Waals surface area (Å²) in [5.41, 5.74) is 0. The zero-order valence-electron chi connectivity index (χ0n) is 10.9. The molecule has 0 N–H and O–H groups in total. The molecule has 0 saturated heterocycles. The summed E-state index contributed by atoms with van der Waals surface area (Å²) in [4.78, 5) is 23.8. The molecule has 0 saturated carbocycles. The highest BCUT2D eigenvalue weighted by molar-refractivity contribution is 6.01. The van der Waals surface area contributed by atoms with E-state index in [4.69, 9.17) is 9.47 Å². The second-order valence-electron chi connectivity index (χ2n) is 4.25. The molecule has 1 aliphatic heterocycles. The molecule has 1 heterocycles. The van der Waals surface area contributed by atoms with E-state index in [-0.39, 0.29) is 12.4 Å². The van der Waals surface area contributed by atoms with Crippen LogP contribution >= 0.6 is 0 Å². The van der Waals surface area contributed by atoms with Gasteiger partial charge in [0.15, 0.2) is 23.4 Å². The second-order valence-corrected chi connectivity index (χ2v) is 4.25. The minimum Gasteiger partial charge on any atom is -0.485 e. The van der Waals surface area contributed by atoms with Gasteiger partial charge in [-0.25, -0.2) is 0 Å². The molecule has 0 bridgehead atoms. The lowest BCUT2D eigenvalue weighted by Gasteiger charge is -2.27. The van der Waals surface area contributed by atoms with E-state index < -0.39 is 18.0 Å². The first-order valence-corrected chi connectivity index (χ1v) is 6.17. The quantitative estimate of drug-likeness (QED) is 0.610. The van der Waals surface area contributed by atoms with Gasteiger partial charge in [-0.2, -0.15) is 0 Å². The Bertz CT molecular complexity index is 482. The summed E-state index contributed by atoms with van der Waals surface area (Å²) in [6, 6.07) is 7.13. The van der Waals surface area contributed by atoms with E-state index in [1.807, 2.05) is 6.07 Å². The second kappa shape index (κ2) is 5.73. The van der Waals surface area contributed by atoms with Gasteiger partial charge in [-0.3, -0.25) is 9.59 Å². The SMILES string of the molecule is CCC(C(=O)OC)C(=O)C1COc2ccccc2O1. The lowest BCUT2D eigenvalue weighted by molar-refractivity contribution is -0.152. The molecule has 19 heavy (non-hydrogen) atoms. The van der Waals surface area contributed by atoms with Crippen LogP contribution in [0.2, 0.25) is 0 Å². The van der Waals surface area contributed by atoms with Crippen molar-refractivity contribution >= 4 is 11.8 Å². The van der Waals surface area contributed by atoms with Crippen molar-refractivity contribution in [1.82, 2.24) is 0 Å². The van der Waals surface area contributed by atoms with Gasteiger partial charge in [0.05, 0.1) is 7.11 Å². The molecule has 5 nitrogen and oxygen atoms in total. The Kier molecular flexibility index (Phi) is 4.04. The summed E-state index contributed by atoms with van der Waals surface area (Å²) in [5.74, 6) is -0.507. The van der Waals surface area contributed by atoms with E-state index in [0.717, 1.165) is 0 Å². The summed E-state index contributed by atoms with van der Waals surface area (Å²) in [7, 11) is 1.27. The average molecular weight is 264 g/mol. The minimum atomic E-state index is -0.802. The number of fused-ring (bicyclic) bond motifs is 1. The molecule has 0 amide bonds. The van der Waals surface area contributed by atoms with Crippen LogP contribution in [0.3, 0.4) is 0 Å². The molecule has 1 aliphatic rings. The Hall–Kier alpha value is -2.04. The normalized spacial score (nSPS) is 18.5. The Morgan fingerprint density at radius 2 is 2.05 bits per heavy atom. The van der Waals surface area contributed by atoms with Crippen molar-refractivity contribution in [2.45, 2.75) is 19.4 Å². The number of ether oxygens (including phenoxy) is 3. The van der Waals surface area contributed by atoms with Crippen LogP contribution in [0.25, 0.3) is 0 Å². The van der Waals surface area contributed by atoms with Crippen molar-refractivity contribution in [2.24, 2.45) is 5.92 Å². The van der Waals surface area contributed by atoms with Gasteiger partial charge in [0.1, 0.15) is 12.5 Å². The molecule has 0 fully saturated rings. The van der Waals surface area contributed by atoms with Gasteiger partial charge in [0.2, 0.25) is 0 Å². The first-order chi connectivity index (χ1) is 9.17. The Morgan fingerprint density at radius 1 is 1.37 bits per heavy atom. The summed E-state index contributed by atoms with van der Waals surface area (Å²) < 4.78 is 15.7. The van der Waals surface area contributed by atoms with Crippen LogP contribution < -0.4 is 9.47 Å². The maximum absolute atomic E-state index is 12.2. The van der Waals surface area contributed by atoms with Crippen molar-refractivity contribution in [2.75, 3.05) is 13.7 Å². The van der Waals surface area contributed by atoms with Crippen LogP contribution in [-0.4, -0.2) is 31.6 Å². The van der Waals surface area contributed by atoms with Crippen LogP contribution in [0.15, 0.2) is 24.3 Å².